The van der Waals surface area contributed by atoms with Gasteiger partial charge in [-0.15, -0.1) is 47.0 Å². The van der Waals surface area contributed by atoms with Crippen molar-refractivity contribution in [2.24, 2.45) is 11.8 Å². The summed E-state index contributed by atoms with van der Waals surface area (Å²) < 4.78 is 20.2. The van der Waals surface area contributed by atoms with Gasteiger partial charge in [0.2, 0.25) is 0 Å². The largest absolute Gasteiger partial charge is 0.459 e. The molecule has 8 rings (SSSR count). The van der Waals surface area contributed by atoms with E-state index >= 15 is 0 Å². The molecule has 2 aliphatic heterocycles. The van der Waals surface area contributed by atoms with E-state index in [1.807, 2.05) is 72.3 Å². The average Bonchev–Trinajstić information content (AvgIpc) is 4.20. The van der Waals surface area contributed by atoms with Gasteiger partial charge in [0.1, 0.15) is 34.6 Å². The maximum atomic E-state index is 12.6. The molecule has 0 N–H and O–H groups in total. The number of carbonyl (C=O) groups excluding carboxylic acids is 4. The van der Waals surface area contributed by atoms with Gasteiger partial charge < -0.3 is 18.9 Å². The number of thioether (sulfide) groups is 4. The lowest BCUT2D eigenvalue weighted by atomic mass is 9.93. The summed E-state index contributed by atoms with van der Waals surface area (Å²) in [4.78, 5) is 57.5. The molecule has 0 amide bonds. The van der Waals surface area contributed by atoms with Crippen LogP contribution in [0, 0.1) is 11.8 Å². The van der Waals surface area contributed by atoms with Crippen molar-refractivity contribution in [3.8, 4) is 0 Å². The highest BCUT2D eigenvalue weighted by atomic mass is 32.2. The minimum atomic E-state index is -0.546. The minimum Gasteiger partial charge on any atom is -0.459 e. The lowest BCUT2D eigenvalue weighted by molar-refractivity contribution is -0.139. The number of hydrogen-bond acceptors (Lipinski definition) is 14. The Balaban J connectivity index is 0.747. The zero-order valence-electron chi connectivity index (χ0n) is 40.8. The number of esters is 4. The minimum absolute atomic E-state index is 0.0120. The number of hydrogen-bond donors (Lipinski definition) is 0. The fourth-order valence-electron chi connectivity index (χ4n) is 10.1. The Hall–Kier alpha value is -5.02. The number of ether oxygens (including phenoxy) is 4. The zero-order chi connectivity index (χ0) is 50.3. The predicted octanol–water partition coefficient (Wildman–Crippen LogP) is 13.1. The van der Waals surface area contributed by atoms with Crippen LogP contribution in [0.2, 0.25) is 0 Å². The second-order valence-corrected chi connectivity index (χ2v) is 25.0. The summed E-state index contributed by atoms with van der Waals surface area (Å²) in [7, 11) is 0. The zero-order valence-corrected chi connectivity index (χ0v) is 44.1. The van der Waals surface area contributed by atoms with Crippen molar-refractivity contribution < 1.29 is 38.1 Å². The first-order chi connectivity index (χ1) is 35.1. The van der Waals surface area contributed by atoms with Crippen molar-refractivity contribution in [3.05, 3.63) is 181 Å². The topological polar surface area (TPSA) is 131 Å². The van der Waals surface area contributed by atoms with E-state index < -0.39 is 23.9 Å². The fourth-order valence-corrected chi connectivity index (χ4v) is 18.0. The molecule has 378 valence electrons. The number of carbonyl (C=O) groups is 4. The molecule has 2 aromatic heterocycles. The van der Waals surface area contributed by atoms with Gasteiger partial charge in [0, 0.05) is 57.4 Å². The first-order valence-electron chi connectivity index (χ1n) is 25.1. The Morgan fingerprint density at radius 3 is 1.31 bits per heavy atom. The Morgan fingerprint density at radius 1 is 0.542 bits per heavy atom. The normalized spacial score (nSPS) is 24.2. The Morgan fingerprint density at radius 2 is 0.931 bits per heavy atom. The SMILES string of the molecule is C=CC(=O)OCCOC(=O)c1ccc(CSC2(c3ccccn3)SC3(CCCCCCCCCCC45C=CC(C4)C(SCc4ccc(C(=O)OCCOC(=O)C=C)cc4)(c4ccccn4)S5)C=CC2C3)cc1. The molecule has 0 radical (unpaired) electrons. The molecule has 2 fully saturated rings. The van der Waals surface area contributed by atoms with E-state index in [1.165, 1.54) is 64.2 Å². The lowest BCUT2D eigenvalue weighted by Gasteiger charge is -2.36. The third kappa shape index (κ3) is 13.2. The maximum Gasteiger partial charge on any atom is 0.338 e. The van der Waals surface area contributed by atoms with Crippen LogP contribution in [0.25, 0.3) is 0 Å². The van der Waals surface area contributed by atoms with Gasteiger partial charge in [-0.1, -0.05) is 125 Å². The van der Waals surface area contributed by atoms with Crippen LogP contribution >= 0.6 is 47.0 Å². The maximum absolute atomic E-state index is 12.6. The number of nitrogens with zero attached hydrogens (tertiary/aromatic N) is 2. The van der Waals surface area contributed by atoms with Gasteiger partial charge in [-0.2, -0.15) is 0 Å². The van der Waals surface area contributed by atoms with E-state index in [1.54, 1.807) is 24.3 Å². The van der Waals surface area contributed by atoms with Crippen LogP contribution in [0.5, 0.6) is 0 Å². The molecule has 2 aromatic carbocycles. The van der Waals surface area contributed by atoms with E-state index in [4.69, 9.17) is 28.9 Å². The Kier molecular flexibility index (Phi) is 18.7. The first-order valence-corrected chi connectivity index (χ1v) is 28.7. The second kappa shape index (κ2) is 25.3. The average molecular weight is 1050 g/mol. The molecule has 2 saturated heterocycles. The number of pyridine rings is 2. The van der Waals surface area contributed by atoms with E-state index in [9.17, 15) is 19.2 Å². The van der Waals surface area contributed by atoms with Gasteiger partial charge in [0.05, 0.1) is 22.5 Å². The van der Waals surface area contributed by atoms with Crippen molar-refractivity contribution in [2.45, 2.75) is 106 Å². The number of allylic oxidation sites excluding steroid dienone is 2. The number of unbranched alkanes of at least 4 members (excludes halogenated alkanes) is 7. The summed E-state index contributed by atoms with van der Waals surface area (Å²) in [5.41, 5.74) is 5.45. The summed E-state index contributed by atoms with van der Waals surface area (Å²) in [5.74, 6) is 0.384. The molecule has 2 aliphatic carbocycles. The molecule has 4 bridgehead atoms. The molecular formula is C58H64N2O8S4. The van der Waals surface area contributed by atoms with Crippen molar-refractivity contribution in [1.29, 1.82) is 0 Å². The van der Waals surface area contributed by atoms with E-state index in [2.05, 4.69) is 85.3 Å². The molecule has 4 heterocycles. The van der Waals surface area contributed by atoms with Gasteiger partial charge in [0.25, 0.3) is 0 Å². The monoisotopic (exact) mass is 1040 g/mol. The summed E-state index contributed by atoms with van der Waals surface area (Å²) in [5, 5.41) is 0. The van der Waals surface area contributed by atoms with Crippen molar-refractivity contribution in [3.63, 3.8) is 0 Å². The number of fused-ring (bicyclic) bond motifs is 4. The van der Waals surface area contributed by atoms with E-state index in [0.29, 0.717) is 23.0 Å². The third-order valence-corrected chi connectivity index (χ3v) is 21.3. The molecule has 6 atom stereocenters. The van der Waals surface area contributed by atoms with Crippen molar-refractivity contribution in [1.82, 2.24) is 9.97 Å². The van der Waals surface area contributed by atoms with Crippen molar-refractivity contribution >= 4 is 70.9 Å². The summed E-state index contributed by atoms with van der Waals surface area (Å²) >= 11 is 8.12. The van der Waals surface area contributed by atoms with Gasteiger partial charge >= 0.3 is 23.9 Å². The molecule has 0 spiro atoms. The summed E-state index contributed by atoms with van der Waals surface area (Å²) in [6.45, 7) is 6.68. The van der Waals surface area contributed by atoms with Crippen LogP contribution in [0.4, 0.5) is 0 Å². The Bertz CT molecular complexity index is 2390. The summed E-state index contributed by atoms with van der Waals surface area (Å²) in [6, 6.07) is 27.7. The van der Waals surface area contributed by atoms with Gasteiger partial charge in [0.15, 0.2) is 0 Å². The van der Waals surface area contributed by atoms with E-state index in [-0.39, 0.29) is 44.1 Å². The first kappa shape index (κ1) is 53.3. The van der Waals surface area contributed by atoms with Crippen LogP contribution in [0.1, 0.15) is 120 Å². The quantitative estimate of drug-likeness (QED) is 0.0168. The molecule has 4 aliphatic rings. The molecule has 0 saturated carbocycles. The van der Waals surface area contributed by atoms with Crippen LogP contribution in [0.15, 0.2) is 147 Å². The van der Waals surface area contributed by atoms with Crippen molar-refractivity contribution in [2.75, 3.05) is 26.4 Å². The molecule has 10 nitrogen and oxygen atoms in total. The van der Waals surface area contributed by atoms with Gasteiger partial charge in [-0.3, -0.25) is 9.97 Å². The van der Waals surface area contributed by atoms with Crippen LogP contribution in [0.3, 0.4) is 0 Å². The molecule has 6 unspecified atom stereocenters. The molecule has 14 heteroatoms. The Labute approximate surface area is 441 Å². The van der Waals surface area contributed by atoms with Crippen LogP contribution in [-0.2, 0) is 48.2 Å². The molecular weight excluding hydrogens is 981 g/mol. The third-order valence-electron chi connectivity index (χ3n) is 13.8. The second-order valence-electron chi connectivity index (χ2n) is 18.8. The van der Waals surface area contributed by atoms with Crippen LogP contribution < -0.4 is 0 Å². The highest BCUT2D eigenvalue weighted by molar-refractivity contribution is 8.18. The van der Waals surface area contributed by atoms with Gasteiger partial charge in [-0.25, -0.2) is 19.2 Å². The highest BCUT2D eigenvalue weighted by Crippen LogP contribution is 2.71. The number of benzene rings is 2. The van der Waals surface area contributed by atoms with Crippen LogP contribution in [-0.4, -0.2) is 69.8 Å². The predicted molar refractivity (Wildman–Crippen MR) is 291 cm³/mol. The summed E-state index contributed by atoms with van der Waals surface area (Å²) in [6.07, 6.45) is 30.6. The standard InChI is InChI=1S/C58H64N2O8S4/c1-3-51(61)65-35-37-67-53(63)45-23-19-43(20-24-45)41-69-57(49-17-11-15-33-59-49)47-27-31-55(39-47,71-57)29-13-9-7-5-6-8-10-14-30-56-32-28-48(40-56)58(72-56,50-18-12-16-34-60-50)70-42-44-21-25-46(26-22-44)54(64)68-38-36-66-52(62)4-2/h3-4,11-12,15-28,31-34,47-48H,1-2,5-10,13-14,29-30,35-42H2. The fraction of sp³-hybridized carbons (Fsp3) is 0.414. The van der Waals surface area contributed by atoms with Gasteiger partial charge in [-0.05, 0) is 85.3 Å². The molecule has 4 aromatic rings. The number of rotatable bonds is 29. The molecule has 72 heavy (non-hydrogen) atoms. The smallest absolute Gasteiger partial charge is 0.338 e. The highest BCUT2D eigenvalue weighted by Gasteiger charge is 2.59. The van der Waals surface area contributed by atoms with E-state index in [0.717, 1.165) is 59.0 Å². The lowest BCUT2D eigenvalue weighted by Crippen LogP contribution is -2.27. The number of aromatic nitrogens is 2.